The molecule has 0 aliphatic carbocycles. The van der Waals surface area contributed by atoms with Crippen molar-refractivity contribution in [3.63, 3.8) is 0 Å². The minimum atomic E-state index is 0.402. The molecule has 3 atom stereocenters. The van der Waals surface area contributed by atoms with E-state index in [9.17, 15) is 0 Å². The van der Waals surface area contributed by atoms with E-state index in [0.717, 1.165) is 24.6 Å². The van der Waals surface area contributed by atoms with E-state index in [4.69, 9.17) is 4.74 Å². The van der Waals surface area contributed by atoms with Crippen molar-refractivity contribution in [1.29, 1.82) is 0 Å². The lowest BCUT2D eigenvalue weighted by Gasteiger charge is -2.35. The van der Waals surface area contributed by atoms with Crippen molar-refractivity contribution in [3.05, 3.63) is 29.8 Å². The Bertz CT molecular complexity index is 417. The van der Waals surface area contributed by atoms with Crippen LogP contribution in [0, 0.1) is 5.92 Å². The van der Waals surface area contributed by atoms with E-state index in [1.54, 1.807) is 0 Å². The molecule has 0 amide bonds. The van der Waals surface area contributed by atoms with Crippen LogP contribution in [-0.2, 0) is 0 Å². The summed E-state index contributed by atoms with van der Waals surface area (Å²) in [5.41, 5.74) is 1.35. The third-order valence-corrected chi connectivity index (χ3v) is 5.36. The van der Waals surface area contributed by atoms with Crippen molar-refractivity contribution in [2.75, 3.05) is 18.1 Å². The van der Waals surface area contributed by atoms with Crippen LogP contribution in [0.15, 0.2) is 24.3 Å². The molecule has 2 aliphatic heterocycles. The largest absolute Gasteiger partial charge is 0.490 e. The Morgan fingerprint density at radius 3 is 3.05 bits per heavy atom. The zero-order valence-corrected chi connectivity index (χ0v) is 12.4. The van der Waals surface area contributed by atoms with Gasteiger partial charge in [0.05, 0.1) is 0 Å². The van der Waals surface area contributed by atoms with E-state index in [2.05, 4.69) is 48.3 Å². The summed E-state index contributed by atoms with van der Waals surface area (Å²) >= 11 is 2.08. The molecule has 0 saturated carbocycles. The first-order chi connectivity index (χ1) is 9.38. The van der Waals surface area contributed by atoms with Crippen LogP contribution in [-0.4, -0.2) is 24.2 Å². The minimum absolute atomic E-state index is 0.402. The predicted molar refractivity (Wildman–Crippen MR) is 81.9 cm³/mol. The molecular formula is C16H23NOS. The van der Waals surface area contributed by atoms with Gasteiger partial charge in [0, 0.05) is 23.9 Å². The highest BCUT2D eigenvalue weighted by Crippen LogP contribution is 2.40. The number of hydrogen-bond acceptors (Lipinski definition) is 3. The second-order valence-corrected chi connectivity index (χ2v) is 6.71. The molecule has 3 heteroatoms. The Labute approximate surface area is 120 Å². The summed E-state index contributed by atoms with van der Waals surface area (Å²) in [6.45, 7) is 3.31. The first kappa shape index (κ1) is 13.3. The van der Waals surface area contributed by atoms with Crippen LogP contribution in [0.25, 0.3) is 0 Å². The number of benzene rings is 1. The summed E-state index contributed by atoms with van der Waals surface area (Å²) in [6, 6.07) is 9.02. The molecule has 2 nitrogen and oxygen atoms in total. The molecule has 3 rings (SSSR count). The summed E-state index contributed by atoms with van der Waals surface area (Å²) in [5.74, 6) is 4.42. The lowest BCUT2D eigenvalue weighted by Crippen LogP contribution is -2.37. The molecular weight excluding hydrogens is 254 g/mol. The predicted octanol–water partition coefficient (Wildman–Crippen LogP) is 3.63. The molecule has 2 heterocycles. The zero-order chi connectivity index (χ0) is 13.1. The molecule has 0 aromatic heterocycles. The first-order valence-corrected chi connectivity index (χ1v) is 8.60. The lowest BCUT2D eigenvalue weighted by atomic mass is 9.89. The van der Waals surface area contributed by atoms with E-state index in [0.29, 0.717) is 12.1 Å². The SMILES string of the molecule is CCCNC1CC(C2CCSC2)Oc2ccccc21. The molecule has 3 unspecified atom stereocenters. The van der Waals surface area contributed by atoms with Gasteiger partial charge in [-0.2, -0.15) is 11.8 Å². The number of hydrogen-bond donors (Lipinski definition) is 1. The third-order valence-electron chi connectivity index (χ3n) is 4.17. The molecule has 1 saturated heterocycles. The van der Waals surface area contributed by atoms with E-state index in [-0.39, 0.29) is 0 Å². The molecule has 19 heavy (non-hydrogen) atoms. The number of para-hydroxylation sites is 1. The van der Waals surface area contributed by atoms with Crippen molar-refractivity contribution in [3.8, 4) is 5.75 Å². The topological polar surface area (TPSA) is 21.3 Å². The highest BCUT2D eigenvalue weighted by atomic mass is 32.2. The van der Waals surface area contributed by atoms with Crippen LogP contribution >= 0.6 is 11.8 Å². The highest BCUT2D eigenvalue weighted by Gasteiger charge is 2.34. The Balaban J connectivity index is 1.78. The van der Waals surface area contributed by atoms with E-state index >= 15 is 0 Å². The Morgan fingerprint density at radius 1 is 1.37 bits per heavy atom. The fourth-order valence-electron chi connectivity index (χ4n) is 3.09. The van der Waals surface area contributed by atoms with Gasteiger partial charge in [0.1, 0.15) is 11.9 Å². The van der Waals surface area contributed by atoms with Crippen LogP contribution in [0.5, 0.6) is 5.75 Å². The number of nitrogens with one attached hydrogen (secondary N) is 1. The van der Waals surface area contributed by atoms with Crippen LogP contribution < -0.4 is 10.1 Å². The van der Waals surface area contributed by atoms with Gasteiger partial charge < -0.3 is 10.1 Å². The maximum absolute atomic E-state index is 6.27. The van der Waals surface area contributed by atoms with Gasteiger partial charge >= 0.3 is 0 Å². The molecule has 104 valence electrons. The van der Waals surface area contributed by atoms with E-state index in [1.807, 2.05) is 0 Å². The summed E-state index contributed by atoms with van der Waals surface area (Å²) in [5, 5.41) is 3.69. The average molecular weight is 277 g/mol. The maximum Gasteiger partial charge on any atom is 0.124 e. The van der Waals surface area contributed by atoms with Gasteiger partial charge in [-0.15, -0.1) is 0 Å². The maximum atomic E-state index is 6.27. The van der Waals surface area contributed by atoms with Gasteiger partial charge in [-0.05, 0) is 37.0 Å². The molecule has 1 N–H and O–H groups in total. The second kappa shape index (κ2) is 6.19. The van der Waals surface area contributed by atoms with Crippen LogP contribution in [0.4, 0.5) is 0 Å². The van der Waals surface area contributed by atoms with Crippen molar-refractivity contribution in [2.45, 2.75) is 38.3 Å². The van der Waals surface area contributed by atoms with Crippen LogP contribution in [0.1, 0.15) is 37.8 Å². The van der Waals surface area contributed by atoms with E-state index < -0.39 is 0 Å². The fourth-order valence-corrected chi connectivity index (χ4v) is 4.41. The lowest BCUT2D eigenvalue weighted by molar-refractivity contribution is 0.103. The van der Waals surface area contributed by atoms with Crippen LogP contribution in [0.2, 0.25) is 0 Å². The van der Waals surface area contributed by atoms with Gasteiger partial charge in [-0.1, -0.05) is 25.1 Å². The normalized spacial score (nSPS) is 29.8. The van der Waals surface area contributed by atoms with Crippen molar-refractivity contribution in [1.82, 2.24) is 5.32 Å². The molecule has 1 aromatic rings. The molecule has 2 aliphatic rings. The monoisotopic (exact) mass is 277 g/mol. The Hall–Kier alpha value is -0.670. The number of thioether (sulfide) groups is 1. The molecule has 1 aromatic carbocycles. The molecule has 0 bridgehead atoms. The second-order valence-electron chi connectivity index (χ2n) is 5.56. The van der Waals surface area contributed by atoms with Crippen molar-refractivity contribution < 1.29 is 4.74 Å². The highest BCUT2D eigenvalue weighted by molar-refractivity contribution is 7.99. The summed E-state index contributed by atoms with van der Waals surface area (Å²) < 4.78 is 6.27. The Morgan fingerprint density at radius 2 is 2.26 bits per heavy atom. The van der Waals surface area contributed by atoms with Crippen molar-refractivity contribution in [2.24, 2.45) is 5.92 Å². The average Bonchev–Trinajstić information content (AvgIpc) is 2.98. The summed E-state index contributed by atoms with van der Waals surface area (Å²) in [4.78, 5) is 0. The summed E-state index contributed by atoms with van der Waals surface area (Å²) in [6.07, 6.45) is 4.03. The van der Waals surface area contributed by atoms with Gasteiger partial charge in [0.15, 0.2) is 0 Å². The number of ether oxygens (including phenoxy) is 1. The summed E-state index contributed by atoms with van der Waals surface area (Å²) in [7, 11) is 0. The fraction of sp³-hybridized carbons (Fsp3) is 0.625. The van der Waals surface area contributed by atoms with Gasteiger partial charge in [0.25, 0.3) is 0 Å². The quantitative estimate of drug-likeness (QED) is 0.908. The van der Waals surface area contributed by atoms with Crippen LogP contribution in [0.3, 0.4) is 0 Å². The van der Waals surface area contributed by atoms with Crippen molar-refractivity contribution >= 4 is 11.8 Å². The minimum Gasteiger partial charge on any atom is -0.490 e. The molecule has 0 spiro atoms. The smallest absolute Gasteiger partial charge is 0.124 e. The third kappa shape index (κ3) is 2.92. The standard InChI is InChI=1S/C16H23NOS/c1-2-8-17-14-10-16(12-7-9-19-11-12)18-15-6-4-3-5-13(14)15/h3-6,12,14,16-17H,2,7-11H2,1H3. The zero-order valence-electron chi connectivity index (χ0n) is 11.6. The van der Waals surface area contributed by atoms with Gasteiger partial charge in [-0.25, -0.2) is 0 Å². The molecule has 1 fully saturated rings. The number of rotatable bonds is 4. The Kier molecular flexibility index (Phi) is 4.34. The molecule has 0 radical (unpaired) electrons. The number of fused-ring (bicyclic) bond motifs is 1. The van der Waals surface area contributed by atoms with E-state index in [1.165, 1.54) is 29.9 Å². The van der Waals surface area contributed by atoms with Gasteiger partial charge in [-0.3, -0.25) is 0 Å². The first-order valence-electron chi connectivity index (χ1n) is 7.45. The van der Waals surface area contributed by atoms with Gasteiger partial charge in [0.2, 0.25) is 0 Å².